The Kier molecular flexibility index (Phi) is 6.23. The van der Waals surface area contributed by atoms with Crippen LogP contribution in [0.25, 0.3) is 11.9 Å². The summed E-state index contributed by atoms with van der Waals surface area (Å²) in [5.74, 6) is -4.46. The third-order valence-corrected chi connectivity index (χ3v) is 7.16. The third-order valence-electron chi connectivity index (χ3n) is 5.21. The molecule has 2 aromatic heterocycles. The molecule has 3 aromatic rings. The smallest absolute Gasteiger partial charge is 0.239 e. The number of aliphatic imine (C=N–C) groups is 1. The van der Waals surface area contributed by atoms with Gasteiger partial charge in [-0.05, 0) is 30.7 Å². The Bertz CT molecular complexity index is 1410. The van der Waals surface area contributed by atoms with Crippen LogP contribution in [-0.2, 0) is 22.2 Å². The zero-order valence-corrected chi connectivity index (χ0v) is 19.3. The maximum atomic E-state index is 14.8. The maximum absolute atomic E-state index is 14.8. The standard InChI is InChI=1S/C21H19F3N6O4S/c1-21(10-35(31,32)30(2)20(25)29-21)14-3-12(5-16(23)19(14)24)4-15(22)17-6-27-18(7-26-17)34-9-13-8-33-11-28-13/h3-8,11H,9-10H2,1-2H3,(H2,25,29)/b15-4-/t21-/m0/s1. The van der Waals surface area contributed by atoms with Crippen LogP contribution in [0, 0.1) is 11.6 Å². The summed E-state index contributed by atoms with van der Waals surface area (Å²) >= 11 is 0. The number of nitrogens with zero attached hydrogens (tertiary/aromatic N) is 5. The van der Waals surface area contributed by atoms with Crippen molar-refractivity contribution in [3.63, 3.8) is 0 Å². The molecular weight excluding hydrogens is 489 g/mol. The Labute approximate surface area is 198 Å². The Hall–Kier alpha value is -3.94. The molecule has 0 radical (unpaired) electrons. The maximum Gasteiger partial charge on any atom is 0.239 e. The van der Waals surface area contributed by atoms with Crippen molar-refractivity contribution in [3.8, 4) is 5.88 Å². The van der Waals surface area contributed by atoms with Crippen LogP contribution >= 0.6 is 0 Å². The van der Waals surface area contributed by atoms with Crippen molar-refractivity contribution in [1.82, 2.24) is 19.3 Å². The topological polar surface area (TPSA) is 137 Å². The van der Waals surface area contributed by atoms with Gasteiger partial charge in [-0.15, -0.1) is 0 Å². The normalized spacial score (nSPS) is 20.0. The second kappa shape index (κ2) is 9.02. The van der Waals surface area contributed by atoms with Gasteiger partial charge in [0.1, 0.15) is 29.8 Å². The van der Waals surface area contributed by atoms with Gasteiger partial charge in [-0.25, -0.2) is 45.8 Å². The minimum absolute atomic E-state index is 0.0672. The van der Waals surface area contributed by atoms with E-state index in [-0.39, 0.29) is 35.3 Å². The van der Waals surface area contributed by atoms with Crippen LogP contribution in [-0.4, -0.2) is 46.4 Å². The van der Waals surface area contributed by atoms with E-state index in [1.807, 2.05) is 0 Å². The second-order valence-corrected chi connectivity index (χ2v) is 9.83. The van der Waals surface area contributed by atoms with Crippen LogP contribution in [0.5, 0.6) is 5.88 Å². The summed E-state index contributed by atoms with van der Waals surface area (Å²) in [7, 11) is -2.74. The van der Waals surface area contributed by atoms with E-state index in [1.54, 1.807) is 0 Å². The predicted octanol–water partition coefficient (Wildman–Crippen LogP) is 2.59. The molecule has 10 nitrogen and oxygen atoms in total. The number of rotatable bonds is 6. The van der Waals surface area contributed by atoms with Crippen LogP contribution in [0.2, 0.25) is 0 Å². The summed E-state index contributed by atoms with van der Waals surface area (Å²) in [6.45, 7) is 1.37. The monoisotopic (exact) mass is 508 g/mol. The van der Waals surface area contributed by atoms with E-state index in [0.29, 0.717) is 5.69 Å². The van der Waals surface area contributed by atoms with Gasteiger partial charge in [0, 0.05) is 12.6 Å². The summed E-state index contributed by atoms with van der Waals surface area (Å²) in [5, 5.41) is 0. The molecule has 0 unspecified atom stereocenters. The lowest BCUT2D eigenvalue weighted by molar-refractivity contribution is 0.287. The quantitative estimate of drug-likeness (QED) is 0.537. The number of nitrogens with two attached hydrogens (primary N) is 1. The third kappa shape index (κ3) is 4.96. The number of benzene rings is 1. The number of aromatic nitrogens is 3. The highest BCUT2D eigenvalue weighted by atomic mass is 32.2. The Morgan fingerprint density at radius 2 is 2.06 bits per heavy atom. The van der Waals surface area contributed by atoms with Crippen molar-refractivity contribution in [1.29, 1.82) is 0 Å². The van der Waals surface area contributed by atoms with Crippen molar-refractivity contribution < 1.29 is 30.7 Å². The van der Waals surface area contributed by atoms with E-state index in [4.69, 9.17) is 14.9 Å². The fourth-order valence-corrected chi connectivity index (χ4v) is 4.81. The van der Waals surface area contributed by atoms with Gasteiger partial charge >= 0.3 is 0 Å². The van der Waals surface area contributed by atoms with E-state index >= 15 is 0 Å². The molecule has 1 aliphatic rings. The van der Waals surface area contributed by atoms with Crippen molar-refractivity contribution in [2.75, 3.05) is 12.8 Å². The molecule has 0 saturated carbocycles. The predicted molar refractivity (Wildman–Crippen MR) is 119 cm³/mol. The van der Waals surface area contributed by atoms with Gasteiger partial charge in [0.05, 0.1) is 18.1 Å². The fourth-order valence-electron chi connectivity index (χ4n) is 3.36. The molecule has 0 spiro atoms. The highest BCUT2D eigenvalue weighted by Gasteiger charge is 2.42. The first-order valence-corrected chi connectivity index (χ1v) is 11.6. The minimum atomic E-state index is -3.94. The van der Waals surface area contributed by atoms with Crippen LogP contribution in [0.4, 0.5) is 13.2 Å². The Morgan fingerprint density at radius 1 is 1.29 bits per heavy atom. The summed E-state index contributed by atoms with van der Waals surface area (Å²) in [6, 6.07) is 1.87. The zero-order chi connectivity index (χ0) is 25.4. The number of hydrogen-bond acceptors (Lipinski definition) is 9. The molecule has 184 valence electrons. The van der Waals surface area contributed by atoms with E-state index in [1.165, 1.54) is 32.8 Å². The first-order chi connectivity index (χ1) is 16.5. The lowest BCUT2D eigenvalue weighted by Gasteiger charge is -2.34. The molecule has 1 aromatic carbocycles. The molecule has 0 amide bonds. The molecular formula is C21H19F3N6O4S. The van der Waals surface area contributed by atoms with Gasteiger partial charge < -0.3 is 14.9 Å². The Morgan fingerprint density at radius 3 is 2.69 bits per heavy atom. The van der Waals surface area contributed by atoms with Crippen LogP contribution in [0.15, 0.2) is 46.6 Å². The van der Waals surface area contributed by atoms with Crippen molar-refractivity contribution in [2.24, 2.45) is 10.7 Å². The summed E-state index contributed by atoms with van der Waals surface area (Å²) in [5.41, 5.74) is 3.80. The average Bonchev–Trinajstić information content (AvgIpc) is 3.32. The van der Waals surface area contributed by atoms with Crippen molar-refractivity contribution in [2.45, 2.75) is 19.1 Å². The lowest BCUT2D eigenvalue weighted by atomic mass is 9.92. The molecule has 14 heteroatoms. The number of halogens is 3. The molecule has 0 fully saturated rings. The Balaban J connectivity index is 1.62. The van der Waals surface area contributed by atoms with Gasteiger partial charge in [-0.2, -0.15) is 0 Å². The number of ether oxygens (including phenoxy) is 1. The highest BCUT2D eigenvalue weighted by molar-refractivity contribution is 7.89. The molecule has 3 heterocycles. The van der Waals surface area contributed by atoms with E-state index in [2.05, 4.69) is 19.9 Å². The van der Waals surface area contributed by atoms with E-state index in [0.717, 1.165) is 28.7 Å². The number of hydrogen-bond donors (Lipinski definition) is 1. The van der Waals surface area contributed by atoms with Crippen molar-refractivity contribution >= 4 is 27.9 Å². The zero-order valence-electron chi connectivity index (χ0n) is 18.4. The second-order valence-electron chi connectivity index (χ2n) is 7.83. The fraction of sp³-hybridized carbons (Fsp3) is 0.238. The van der Waals surface area contributed by atoms with Crippen molar-refractivity contribution in [3.05, 3.63) is 71.3 Å². The molecule has 2 N–H and O–H groups in total. The molecule has 1 atom stereocenters. The number of guanidine groups is 1. The molecule has 4 rings (SSSR count). The molecule has 1 aliphatic heterocycles. The van der Waals surface area contributed by atoms with E-state index in [9.17, 15) is 21.6 Å². The van der Waals surface area contributed by atoms with Gasteiger partial charge in [-0.1, -0.05) is 0 Å². The van der Waals surface area contributed by atoms with Gasteiger partial charge in [0.25, 0.3) is 0 Å². The summed E-state index contributed by atoms with van der Waals surface area (Å²) in [6.07, 6.45) is 5.82. The van der Waals surface area contributed by atoms with Crippen LogP contribution < -0.4 is 10.5 Å². The van der Waals surface area contributed by atoms with Crippen LogP contribution in [0.1, 0.15) is 29.4 Å². The molecule has 0 aliphatic carbocycles. The van der Waals surface area contributed by atoms with Gasteiger partial charge in [0.2, 0.25) is 21.9 Å². The van der Waals surface area contributed by atoms with Gasteiger partial charge in [-0.3, -0.25) is 0 Å². The van der Waals surface area contributed by atoms with Crippen LogP contribution in [0.3, 0.4) is 0 Å². The lowest BCUT2D eigenvalue weighted by Crippen LogP contribution is -2.50. The van der Waals surface area contributed by atoms with Gasteiger partial charge in [0.15, 0.2) is 23.9 Å². The number of oxazole rings is 1. The minimum Gasteiger partial charge on any atom is -0.470 e. The first-order valence-electron chi connectivity index (χ1n) is 9.99. The molecule has 0 bridgehead atoms. The SMILES string of the molecule is CN1C(N)=N[C@](C)(c2cc(/C=C(\F)c3cnc(OCc4cocn4)cn3)cc(F)c2F)CS1(=O)=O. The first kappa shape index (κ1) is 24.2. The molecule has 35 heavy (non-hydrogen) atoms. The molecule has 0 saturated heterocycles. The van der Waals surface area contributed by atoms with E-state index < -0.39 is 38.8 Å². The highest BCUT2D eigenvalue weighted by Crippen LogP contribution is 2.35. The average molecular weight is 508 g/mol. The summed E-state index contributed by atoms with van der Waals surface area (Å²) < 4.78 is 79.7. The summed E-state index contributed by atoms with van der Waals surface area (Å²) in [4.78, 5) is 15.8. The number of sulfonamides is 1. The largest absolute Gasteiger partial charge is 0.470 e.